The Morgan fingerprint density at radius 3 is 2.48 bits per heavy atom. The molecule has 1 atom stereocenters. The van der Waals surface area contributed by atoms with Crippen molar-refractivity contribution in [1.29, 1.82) is 0 Å². The molecular weight excluding hydrogens is 396 g/mol. The summed E-state index contributed by atoms with van der Waals surface area (Å²) < 4.78 is 26.8. The molecule has 2 fully saturated rings. The van der Waals surface area contributed by atoms with E-state index in [9.17, 15) is 23.3 Å². The predicted molar refractivity (Wildman–Crippen MR) is 101 cm³/mol. The van der Waals surface area contributed by atoms with E-state index in [1.165, 1.54) is 28.6 Å². The molecule has 1 aromatic rings. The molecule has 1 amide bonds. The molecule has 2 aliphatic heterocycles. The highest BCUT2D eigenvalue weighted by atomic mass is 35.5. The van der Waals surface area contributed by atoms with Crippen molar-refractivity contribution >= 4 is 34.0 Å². The van der Waals surface area contributed by atoms with Crippen molar-refractivity contribution in [3.63, 3.8) is 0 Å². The molecule has 9 nitrogen and oxygen atoms in total. The number of benzene rings is 1. The molecule has 1 aromatic carbocycles. The molecule has 0 spiro atoms. The first-order chi connectivity index (χ1) is 12.4. The summed E-state index contributed by atoms with van der Waals surface area (Å²) in [5, 5.41) is 14.4. The molecule has 2 heterocycles. The normalized spacial score (nSPS) is 20.9. The number of nitro groups is 1. The highest BCUT2D eigenvalue weighted by Gasteiger charge is 2.34. The molecule has 1 N–H and O–H groups in total. The van der Waals surface area contributed by atoms with Crippen LogP contribution in [0.5, 0.6) is 0 Å². The second kappa shape index (κ2) is 8.96. The van der Waals surface area contributed by atoms with Crippen LogP contribution in [0.1, 0.15) is 19.3 Å². The molecule has 150 valence electrons. The molecule has 27 heavy (non-hydrogen) atoms. The average molecular weight is 419 g/mol. The van der Waals surface area contributed by atoms with Gasteiger partial charge in [-0.05, 0) is 25.5 Å². The largest absolute Gasteiger partial charge is 0.340 e. The minimum atomic E-state index is -3.97. The first-order valence-electron chi connectivity index (χ1n) is 8.64. The van der Waals surface area contributed by atoms with Gasteiger partial charge in [0.05, 0.1) is 4.92 Å². The molecule has 11 heteroatoms. The van der Waals surface area contributed by atoms with Crippen LogP contribution < -0.4 is 5.32 Å². The zero-order valence-corrected chi connectivity index (χ0v) is 16.4. The number of rotatable bonds is 5. The molecule has 2 aliphatic rings. The predicted octanol–water partition coefficient (Wildman–Crippen LogP) is 0.992. The number of amides is 1. The van der Waals surface area contributed by atoms with Gasteiger partial charge in [0.15, 0.2) is 4.90 Å². The Hall–Kier alpha value is -1.75. The van der Waals surface area contributed by atoms with Crippen LogP contribution in [0.25, 0.3) is 0 Å². The van der Waals surface area contributed by atoms with Crippen LogP contribution in [0.4, 0.5) is 5.69 Å². The minimum Gasteiger partial charge on any atom is -0.340 e. The minimum absolute atomic E-state index is 0. The number of nitrogens with zero attached hydrogens (tertiary/aromatic N) is 3. The van der Waals surface area contributed by atoms with Crippen LogP contribution in [0, 0.1) is 10.1 Å². The molecule has 3 rings (SSSR count). The van der Waals surface area contributed by atoms with E-state index < -0.39 is 20.6 Å². The summed E-state index contributed by atoms with van der Waals surface area (Å²) in [6.45, 7) is 1.80. The maximum absolute atomic E-state index is 12.8. The number of hydrogen-bond acceptors (Lipinski definition) is 6. The number of carbonyl (C=O) groups is 1. The molecule has 0 radical (unpaired) electrons. The monoisotopic (exact) mass is 418 g/mol. The fraction of sp³-hybridized carbons (Fsp3) is 0.562. The highest BCUT2D eigenvalue weighted by molar-refractivity contribution is 7.89. The lowest BCUT2D eigenvalue weighted by Crippen LogP contribution is -2.51. The van der Waals surface area contributed by atoms with E-state index in [1.807, 2.05) is 0 Å². The number of halogens is 1. The number of sulfonamides is 1. The van der Waals surface area contributed by atoms with E-state index in [4.69, 9.17) is 0 Å². The summed E-state index contributed by atoms with van der Waals surface area (Å²) >= 11 is 0. The second-order valence-electron chi connectivity index (χ2n) is 6.51. The van der Waals surface area contributed by atoms with E-state index in [0.717, 1.165) is 19.4 Å². The number of nitrogens with one attached hydrogen (secondary N) is 1. The molecular formula is C16H23ClN4O5S. The van der Waals surface area contributed by atoms with Crippen LogP contribution in [-0.2, 0) is 14.8 Å². The van der Waals surface area contributed by atoms with Crippen molar-refractivity contribution in [2.75, 3.05) is 32.7 Å². The molecule has 0 aromatic heterocycles. The van der Waals surface area contributed by atoms with Gasteiger partial charge in [0.25, 0.3) is 5.69 Å². The Morgan fingerprint density at radius 2 is 1.89 bits per heavy atom. The van der Waals surface area contributed by atoms with Gasteiger partial charge in [0.1, 0.15) is 0 Å². The zero-order valence-electron chi connectivity index (χ0n) is 14.7. The molecule has 0 bridgehead atoms. The smallest absolute Gasteiger partial charge is 0.289 e. The third-order valence-corrected chi connectivity index (χ3v) is 6.80. The van der Waals surface area contributed by atoms with Crippen LogP contribution in [0.3, 0.4) is 0 Å². The maximum Gasteiger partial charge on any atom is 0.289 e. The third-order valence-electron chi connectivity index (χ3n) is 4.85. The lowest BCUT2D eigenvalue weighted by molar-refractivity contribution is -0.387. The quantitative estimate of drug-likeness (QED) is 0.563. The maximum atomic E-state index is 12.8. The van der Waals surface area contributed by atoms with Crippen molar-refractivity contribution in [3.05, 3.63) is 34.4 Å². The topological polar surface area (TPSA) is 113 Å². The second-order valence-corrected chi connectivity index (χ2v) is 8.41. The lowest BCUT2D eigenvalue weighted by atomic mass is 10.1. The van der Waals surface area contributed by atoms with Gasteiger partial charge >= 0.3 is 0 Å². The van der Waals surface area contributed by atoms with Gasteiger partial charge in [-0.15, -0.1) is 12.4 Å². The van der Waals surface area contributed by atoms with Crippen LogP contribution in [-0.4, -0.2) is 67.2 Å². The third kappa shape index (κ3) is 4.75. The summed E-state index contributed by atoms with van der Waals surface area (Å²) in [6, 6.07) is 5.54. The van der Waals surface area contributed by atoms with E-state index in [1.54, 1.807) is 4.90 Å². The van der Waals surface area contributed by atoms with E-state index >= 15 is 0 Å². The van der Waals surface area contributed by atoms with Gasteiger partial charge in [-0.1, -0.05) is 12.1 Å². The Labute approximate surface area is 164 Å². The van der Waals surface area contributed by atoms with Crippen LogP contribution in [0.15, 0.2) is 29.2 Å². The summed E-state index contributed by atoms with van der Waals surface area (Å²) in [5.41, 5.74) is -0.432. The summed E-state index contributed by atoms with van der Waals surface area (Å²) in [5.74, 6) is 0.0205. The average Bonchev–Trinajstić information content (AvgIpc) is 3.14. The number of hydrogen-bond donors (Lipinski definition) is 1. The van der Waals surface area contributed by atoms with Crippen molar-refractivity contribution in [3.8, 4) is 0 Å². The Kier molecular flexibility index (Phi) is 7.15. The zero-order chi connectivity index (χ0) is 18.7. The summed E-state index contributed by atoms with van der Waals surface area (Å²) in [6.07, 6.45) is 2.48. The number of nitro benzene ring substituents is 1. The van der Waals surface area contributed by atoms with Gasteiger partial charge in [-0.3, -0.25) is 14.9 Å². The Morgan fingerprint density at radius 1 is 1.22 bits per heavy atom. The van der Waals surface area contributed by atoms with Crippen LogP contribution >= 0.6 is 12.4 Å². The number of para-hydroxylation sites is 1. The summed E-state index contributed by atoms with van der Waals surface area (Å²) in [7, 11) is -3.97. The van der Waals surface area contributed by atoms with Crippen molar-refractivity contribution < 1.29 is 18.1 Å². The van der Waals surface area contributed by atoms with Gasteiger partial charge in [0, 0.05) is 44.7 Å². The molecule has 1 unspecified atom stereocenters. The SMILES string of the molecule is Cl.O=C(CC1CCCN1)N1CCN(S(=O)(=O)c2ccccc2[N+](=O)[O-])CC1. The first kappa shape index (κ1) is 21.5. The van der Waals surface area contributed by atoms with Gasteiger partial charge in [0.2, 0.25) is 15.9 Å². The molecule has 2 saturated heterocycles. The van der Waals surface area contributed by atoms with Crippen LogP contribution in [0.2, 0.25) is 0 Å². The van der Waals surface area contributed by atoms with Gasteiger partial charge in [-0.2, -0.15) is 4.31 Å². The van der Waals surface area contributed by atoms with E-state index in [-0.39, 0.29) is 42.3 Å². The van der Waals surface area contributed by atoms with Gasteiger partial charge in [-0.25, -0.2) is 8.42 Å². The fourth-order valence-corrected chi connectivity index (χ4v) is 4.99. The molecule has 0 aliphatic carbocycles. The van der Waals surface area contributed by atoms with Crippen molar-refractivity contribution in [2.45, 2.75) is 30.2 Å². The molecule has 0 saturated carbocycles. The first-order valence-corrected chi connectivity index (χ1v) is 10.1. The highest BCUT2D eigenvalue weighted by Crippen LogP contribution is 2.27. The van der Waals surface area contributed by atoms with Crippen molar-refractivity contribution in [1.82, 2.24) is 14.5 Å². The number of carbonyl (C=O) groups excluding carboxylic acids is 1. The number of piperazine rings is 1. The lowest BCUT2D eigenvalue weighted by Gasteiger charge is -2.34. The van der Waals surface area contributed by atoms with E-state index in [2.05, 4.69) is 5.32 Å². The Bertz CT molecular complexity index is 790. The van der Waals surface area contributed by atoms with E-state index in [0.29, 0.717) is 19.5 Å². The van der Waals surface area contributed by atoms with Gasteiger partial charge < -0.3 is 10.2 Å². The standard InChI is InChI=1S/C16H22N4O5S.ClH/c21-16(12-13-4-3-7-17-13)18-8-10-19(11-9-18)26(24,25)15-6-2-1-5-14(15)20(22)23;/h1-2,5-6,13,17H,3-4,7-12H2;1H. The Balaban J connectivity index is 0.00000261. The fourth-order valence-electron chi connectivity index (χ4n) is 3.41. The van der Waals surface area contributed by atoms with Crippen molar-refractivity contribution in [2.24, 2.45) is 0 Å². The summed E-state index contributed by atoms with van der Waals surface area (Å²) in [4.78, 5) is 24.1.